The van der Waals surface area contributed by atoms with E-state index in [0.717, 1.165) is 42.5 Å². The van der Waals surface area contributed by atoms with Gasteiger partial charge in [0, 0.05) is 44.7 Å². The minimum absolute atomic E-state index is 0.00793. The highest BCUT2D eigenvalue weighted by molar-refractivity contribution is 5.88. The van der Waals surface area contributed by atoms with E-state index in [9.17, 15) is 14.0 Å². The van der Waals surface area contributed by atoms with Crippen LogP contribution in [0.25, 0.3) is 0 Å². The van der Waals surface area contributed by atoms with Crippen LogP contribution in [0.1, 0.15) is 74.6 Å². The first-order valence-electron chi connectivity index (χ1n) is 15.0. The molecule has 1 saturated carbocycles. The molecule has 1 heterocycles. The third-order valence-corrected chi connectivity index (χ3v) is 8.18. The lowest BCUT2D eigenvalue weighted by atomic mass is 9.93. The summed E-state index contributed by atoms with van der Waals surface area (Å²) in [6.45, 7) is 4.17. The van der Waals surface area contributed by atoms with Gasteiger partial charge in [0.2, 0.25) is 11.8 Å². The average molecular weight is 562 g/mol. The topological polar surface area (TPSA) is 54.8 Å². The third kappa shape index (κ3) is 8.52. The summed E-state index contributed by atoms with van der Waals surface area (Å²) in [5.74, 6) is -0.563. The van der Waals surface area contributed by atoms with Crippen LogP contribution in [-0.4, -0.2) is 59.0 Å². The highest BCUT2D eigenvalue weighted by Crippen LogP contribution is 2.26. The molecule has 4 rings (SSSR count). The number of amides is 2. The Morgan fingerprint density at radius 3 is 2.41 bits per heavy atom. The van der Waals surface area contributed by atoms with Crippen LogP contribution >= 0.6 is 0 Å². The molecule has 1 unspecified atom stereocenters. The van der Waals surface area contributed by atoms with Crippen LogP contribution < -0.4 is 0 Å². The lowest BCUT2D eigenvalue weighted by molar-refractivity contribution is -0.143. The van der Waals surface area contributed by atoms with Crippen LogP contribution in [0.4, 0.5) is 4.39 Å². The van der Waals surface area contributed by atoms with Crippen LogP contribution in [-0.2, 0) is 27.4 Å². The second-order valence-electron chi connectivity index (χ2n) is 11.0. The van der Waals surface area contributed by atoms with Crippen molar-refractivity contribution >= 4 is 11.8 Å². The van der Waals surface area contributed by atoms with Crippen molar-refractivity contribution in [2.75, 3.05) is 26.8 Å². The summed E-state index contributed by atoms with van der Waals surface area (Å²) in [5.41, 5.74) is 3.01. The van der Waals surface area contributed by atoms with Crippen molar-refractivity contribution in [2.24, 2.45) is 0 Å². The van der Waals surface area contributed by atoms with Crippen molar-refractivity contribution in [3.05, 3.63) is 95.6 Å². The maximum absolute atomic E-state index is 14.1. The third-order valence-electron chi connectivity index (χ3n) is 8.18. The standard InChI is InChI=1S/C34H44FN3O3/c1-3-32(28-12-6-4-7-13-28)34(40)37(22-11-23-41-2)26-33(39)38(30-14-8-5-9-15-30)25-31-16-10-21-36(31)24-27-17-19-29(35)20-18-27/h4,6-7,10,12-13,16-21,30,32H,3,5,8-9,11,14-15,22-26H2,1-2H3. The van der Waals surface area contributed by atoms with Gasteiger partial charge in [0.15, 0.2) is 0 Å². The highest BCUT2D eigenvalue weighted by Gasteiger charge is 2.31. The number of methoxy groups -OCH3 is 1. The number of rotatable bonds is 14. The number of aromatic nitrogens is 1. The first-order chi connectivity index (χ1) is 20.0. The summed E-state index contributed by atoms with van der Waals surface area (Å²) in [7, 11) is 1.65. The van der Waals surface area contributed by atoms with E-state index in [-0.39, 0.29) is 36.1 Å². The molecule has 1 aliphatic carbocycles. The van der Waals surface area contributed by atoms with E-state index in [1.165, 1.54) is 18.6 Å². The number of ether oxygens (including phenoxy) is 1. The van der Waals surface area contributed by atoms with Crippen molar-refractivity contribution in [1.29, 1.82) is 0 Å². The highest BCUT2D eigenvalue weighted by atomic mass is 19.1. The molecule has 1 aromatic heterocycles. The van der Waals surface area contributed by atoms with Crippen LogP contribution in [0.2, 0.25) is 0 Å². The van der Waals surface area contributed by atoms with Crippen molar-refractivity contribution in [3.8, 4) is 0 Å². The Hall–Kier alpha value is -3.45. The predicted octanol–water partition coefficient (Wildman–Crippen LogP) is 6.40. The van der Waals surface area contributed by atoms with Crippen LogP contribution in [0, 0.1) is 5.82 Å². The van der Waals surface area contributed by atoms with E-state index >= 15 is 0 Å². The Balaban J connectivity index is 1.55. The van der Waals surface area contributed by atoms with Crippen LogP contribution in [0.3, 0.4) is 0 Å². The summed E-state index contributed by atoms with van der Waals surface area (Å²) in [5, 5.41) is 0. The van der Waals surface area contributed by atoms with Gasteiger partial charge in [-0.2, -0.15) is 0 Å². The molecule has 0 N–H and O–H groups in total. The molecule has 220 valence electrons. The lowest BCUT2D eigenvalue weighted by Crippen LogP contribution is -2.48. The lowest BCUT2D eigenvalue weighted by Gasteiger charge is -2.36. The normalized spacial score (nSPS) is 14.5. The second-order valence-corrected chi connectivity index (χ2v) is 11.0. The number of carbonyl (C=O) groups is 2. The monoisotopic (exact) mass is 561 g/mol. The zero-order chi connectivity index (χ0) is 29.0. The smallest absolute Gasteiger partial charge is 0.242 e. The van der Waals surface area contributed by atoms with Crippen molar-refractivity contribution in [1.82, 2.24) is 14.4 Å². The first-order valence-corrected chi connectivity index (χ1v) is 15.0. The molecule has 41 heavy (non-hydrogen) atoms. The van der Waals surface area contributed by atoms with Gasteiger partial charge in [-0.25, -0.2) is 4.39 Å². The van der Waals surface area contributed by atoms with Crippen LogP contribution in [0.5, 0.6) is 0 Å². The first kappa shape index (κ1) is 30.5. The minimum atomic E-state index is -0.289. The molecule has 2 aromatic carbocycles. The fourth-order valence-corrected chi connectivity index (χ4v) is 5.90. The van der Waals surface area contributed by atoms with Crippen molar-refractivity contribution < 1.29 is 18.7 Å². The predicted molar refractivity (Wildman–Crippen MR) is 160 cm³/mol. The van der Waals surface area contributed by atoms with E-state index in [0.29, 0.717) is 39.1 Å². The molecule has 1 aliphatic rings. The summed E-state index contributed by atoms with van der Waals surface area (Å²) in [4.78, 5) is 31.8. The summed E-state index contributed by atoms with van der Waals surface area (Å²) >= 11 is 0. The molecular weight excluding hydrogens is 517 g/mol. The second kappa shape index (κ2) is 15.5. The molecule has 6 nitrogen and oxygen atoms in total. The van der Waals surface area contributed by atoms with Crippen molar-refractivity contribution in [3.63, 3.8) is 0 Å². The van der Waals surface area contributed by atoms with Gasteiger partial charge in [-0.15, -0.1) is 0 Å². The van der Waals surface area contributed by atoms with E-state index in [4.69, 9.17) is 4.74 Å². The van der Waals surface area contributed by atoms with Gasteiger partial charge in [0.25, 0.3) is 0 Å². The maximum atomic E-state index is 14.1. The SMILES string of the molecule is CCC(C(=O)N(CCCOC)CC(=O)N(Cc1cccn1Cc1ccc(F)cc1)C1CCCCC1)c1ccccc1. The van der Waals surface area contributed by atoms with Gasteiger partial charge in [-0.1, -0.05) is 68.7 Å². The maximum Gasteiger partial charge on any atom is 0.242 e. The molecule has 7 heteroatoms. The zero-order valence-corrected chi connectivity index (χ0v) is 24.5. The van der Waals surface area contributed by atoms with E-state index in [2.05, 4.69) is 10.6 Å². The van der Waals surface area contributed by atoms with Crippen LogP contribution in [0.15, 0.2) is 72.9 Å². The molecule has 1 atom stereocenters. The van der Waals surface area contributed by atoms with Gasteiger partial charge in [-0.05, 0) is 61.1 Å². The summed E-state index contributed by atoms with van der Waals surface area (Å²) < 4.78 is 20.9. The number of halogens is 1. The largest absolute Gasteiger partial charge is 0.385 e. The number of hydrogen-bond acceptors (Lipinski definition) is 3. The van der Waals surface area contributed by atoms with Gasteiger partial charge in [-0.3, -0.25) is 9.59 Å². The Labute approximate surface area is 244 Å². The van der Waals surface area contributed by atoms with E-state index < -0.39 is 0 Å². The summed E-state index contributed by atoms with van der Waals surface area (Å²) in [6, 6.07) is 20.6. The molecule has 1 fully saturated rings. The number of benzene rings is 2. The number of carbonyl (C=O) groups excluding carboxylic acids is 2. The Morgan fingerprint density at radius 1 is 1.00 bits per heavy atom. The Bertz CT molecular complexity index is 1220. The Morgan fingerprint density at radius 2 is 1.73 bits per heavy atom. The molecule has 0 aliphatic heterocycles. The minimum Gasteiger partial charge on any atom is -0.385 e. The average Bonchev–Trinajstić information content (AvgIpc) is 3.44. The van der Waals surface area contributed by atoms with E-state index in [1.807, 2.05) is 54.4 Å². The van der Waals surface area contributed by atoms with E-state index in [1.54, 1.807) is 24.1 Å². The fraction of sp³-hybridized carbons (Fsp3) is 0.471. The van der Waals surface area contributed by atoms with Gasteiger partial charge in [0.1, 0.15) is 5.82 Å². The molecular formula is C34H44FN3O3. The Kier molecular flexibility index (Phi) is 11.6. The molecule has 0 radical (unpaired) electrons. The number of hydrogen-bond donors (Lipinski definition) is 0. The van der Waals surface area contributed by atoms with Gasteiger partial charge < -0.3 is 19.1 Å². The molecule has 2 amide bonds. The van der Waals surface area contributed by atoms with Gasteiger partial charge in [0.05, 0.1) is 19.0 Å². The summed E-state index contributed by atoms with van der Waals surface area (Å²) in [6.07, 6.45) is 8.70. The quantitative estimate of drug-likeness (QED) is 0.214. The number of nitrogens with zero attached hydrogens (tertiary/aromatic N) is 3. The fourth-order valence-electron chi connectivity index (χ4n) is 5.90. The van der Waals surface area contributed by atoms with Gasteiger partial charge >= 0.3 is 0 Å². The molecule has 3 aromatic rings. The zero-order valence-electron chi connectivity index (χ0n) is 24.5. The molecule has 0 bridgehead atoms. The molecule has 0 spiro atoms. The molecule has 0 saturated heterocycles. The van der Waals surface area contributed by atoms with Crippen molar-refractivity contribution in [2.45, 2.75) is 76.9 Å².